The molecule has 0 atom stereocenters. The Morgan fingerprint density at radius 2 is 2.28 bits per heavy atom. The highest BCUT2D eigenvalue weighted by Crippen LogP contribution is 2.14. The van der Waals surface area contributed by atoms with Crippen LogP contribution >= 0.6 is 0 Å². The quantitative estimate of drug-likeness (QED) is 0.452. The third kappa shape index (κ3) is 4.34. The molecule has 1 aromatic rings. The Morgan fingerprint density at radius 3 is 2.83 bits per heavy atom. The number of aliphatic carboxylic acids is 1. The third-order valence-corrected chi connectivity index (χ3v) is 2.27. The highest BCUT2D eigenvalue weighted by molar-refractivity contribution is 5.69. The maximum Gasteiger partial charge on any atom is 0.317 e. The first kappa shape index (κ1) is 13.9. The largest absolute Gasteiger partial charge is 0.480 e. The van der Waals surface area contributed by atoms with Gasteiger partial charge in [-0.1, -0.05) is 18.2 Å². The summed E-state index contributed by atoms with van der Waals surface area (Å²) in [6.07, 6.45) is 1.60. The van der Waals surface area contributed by atoms with Gasteiger partial charge in [0.1, 0.15) is 0 Å². The lowest BCUT2D eigenvalue weighted by atomic mass is 10.2. The van der Waals surface area contributed by atoms with E-state index in [0.717, 1.165) is 0 Å². The van der Waals surface area contributed by atoms with Crippen molar-refractivity contribution in [3.63, 3.8) is 0 Å². The summed E-state index contributed by atoms with van der Waals surface area (Å²) in [6, 6.07) is 6.15. The molecule has 0 amide bonds. The van der Waals surface area contributed by atoms with Crippen LogP contribution in [-0.4, -0.2) is 34.0 Å². The molecule has 0 spiro atoms. The second-order valence-corrected chi connectivity index (χ2v) is 3.78. The van der Waals surface area contributed by atoms with Gasteiger partial charge in [0.2, 0.25) is 0 Å². The molecule has 0 aliphatic rings. The lowest BCUT2D eigenvalue weighted by Gasteiger charge is -2.18. The Bertz CT molecular complexity index is 459. The number of non-ortho nitro benzene ring substituents is 1. The van der Waals surface area contributed by atoms with Crippen molar-refractivity contribution in [3.8, 4) is 0 Å². The number of carboxylic acid groups (broad SMARTS) is 1. The normalized spacial score (nSPS) is 10.3. The van der Waals surface area contributed by atoms with Crippen molar-refractivity contribution < 1.29 is 14.8 Å². The van der Waals surface area contributed by atoms with Gasteiger partial charge >= 0.3 is 5.97 Å². The first-order chi connectivity index (χ1) is 8.52. The number of carbonyl (C=O) groups is 1. The molecule has 6 nitrogen and oxygen atoms in total. The van der Waals surface area contributed by atoms with E-state index in [1.54, 1.807) is 23.1 Å². The average molecular weight is 250 g/mol. The van der Waals surface area contributed by atoms with E-state index >= 15 is 0 Å². The smallest absolute Gasteiger partial charge is 0.317 e. The molecule has 0 aliphatic carbocycles. The van der Waals surface area contributed by atoms with E-state index in [4.69, 9.17) is 5.11 Å². The molecule has 96 valence electrons. The molecule has 6 heteroatoms. The molecule has 0 fully saturated rings. The summed E-state index contributed by atoms with van der Waals surface area (Å²) < 4.78 is 0. The van der Waals surface area contributed by atoms with Gasteiger partial charge in [-0.05, 0) is 5.56 Å². The molecule has 1 N–H and O–H groups in total. The fraction of sp³-hybridized carbons (Fsp3) is 0.250. The third-order valence-electron chi connectivity index (χ3n) is 2.27. The number of nitro benzene ring substituents is 1. The van der Waals surface area contributed by atoms with E-state index in [0.29, 0.717) is 18.7 Å². The van der Waals surface area contributed by atoms with Gasteiger partial charge < -0.3 is 5.11 Å². The number of hydrogen-bond acceptors (Lipinski definition) is 4. The monoisotopic (exact) mass is 250 g/mol. The van der Waals surface area contributed by atoms with Crippen molar-refractivity contribution in [1.82, 2.24) is 4.90 Å². The molecule has 18 heavy (non-hydrogen) atoms. The van der Waals surface area contributed by atoms with Gasteiger partial charge in [0.25, 0.3) is 5.69 Å². The fourth-order valence-electron chi connectivity index (χ4n) is 1.59. The van der Waals surface area contributed by atoms with Crippen LogP contribution in [0.5, 0.6) is 0 Å². The standard InChI is InChI=1S/C12H14N2O4/c1-2-6-13(9-12(15)16)8-10-4-3-5-11(7-10)14(17)18/h2-5,7H,1,6,8-9H2,(H,15,16). The number of carboxylic acids is 1. The minimum Gasteiger partial charge on any atom is -0.480 e. The lowest BCUT2D eigenvalue weighted by molar-refractivity contribution is -0.384. The minimum atomic E-state index is -0.942. The molecule has 1 rings (SSSR count). The van der Waals surface area contributed by atoms with Gasteiger partial charge in [-0.2, -0.15) is 0 Å². The van der Waals surface area contributed by atoms with Crippen LogP contribution in [0.4, 0.5) is 5.69 Å². The van der Waals surface area contributed by atoms with Crippen LogP contribution in [0, 0.1) is 10.1 Å². The number of nitro groups is 1. The van der Waals surface area contributed by atoms with Crippen LogP contribution in [0.2, 0.25) is 0 Å². The second kappa shape index (κ2) is 6.51. The number of nitrogens with zero attached hydrogens (tertiary/aromatic N) is 2. The molecule has 0 unspecified atom stereocenters. The molecule has 0 saturated carbocycles. The van der Waals surface area contributed by atoms with Gasteiger partial charge in [0.15, 0.2) is 0 Å². The zero-order chi connectivity index (χ0) is 13.5. The lowest BCUT2D eigenvalue weighted by Crippen LogP contribution is -2.29. The maximum absolute atomic E-state index is 10.7. The van der Waals surface area contributed by atoms with Gasteiger partial charge in [-0.3, -0.25) is 19.8 Å². The Balaban J connectivity index is 2.79. The molecular formula is C12H14N2O4. The van der Waals surface area contributed by atoms with Crippen LogP contribution in [-0.2, 0) is 11.3 Å². The summed E-state index contributed by atoms with van der Waals surface area (Å²) in [4.78, 5) is 22.4. The Labute approximate surface area is 104 Å². The first-order valence-electron chi connectivity index (χ1n) is 5.31. The van der Waals surface area contributed by atoms with E-state index in [1.165, 1.54) is 12.1 Å². The molecular weight excluding hydrogens is 236 g/mol. The summed E-state index contributed by atoms with van der Waals surface area (Å²) in [5.74, 6) is -0.942. The summed E-state index contributed by atoms with van der Waals surface area (Å²) in [5.41, 5.74) is 0.702. The highest BCUT2D eigenvalue weighted by Gasteiger charge is 2.11. The highest BCUT2D eigenvalue weighted by atomic mass is 16.6. The van der Waals surface area contributed by atoms with E-state index in [1.807, 2.05) is 0 Å². The summed E-state index contributed by atoms with van der Waals surface area (Å²) in [6.45, 7) is 4.17. The van der Waals surface area contributed by atoms with Gasteiger partial charge in [0, 0.05) is 25.2 Å². The zero-order valence-corrected chi connectivity index (χ0v) is 9.78. The van der Waals surface area contributed by atoms with Crippen molar-refractivity contribution in [1.29, 1.82) is 0 Å². The predicted molar refractivity (Wildman–Crippen MR) is 66.2 cm³/mol. The van der Waals surface area contributed by atoms with Crippen LogP contribution in [0.3, 0.4) is 0 Å². The average Bonchev–Trinajstić information content (AvgIpc) is 2.28. The Kier molecular flexibility index (Phi) is 5.01. The van der Waals surface area contributed by atoms with Gasteiger partial charge in [-0.15, -0.1) is 6.58 Å². The SMILES string of the molecule is C=CCN(CC(=O)O)Cc1cccc([N+](=O)[O-])c1. The second-order valence-electron chi connectivity index (χ2n) is 3.78. The summed E-state index contributed by atoms with van der Waals surface area (Å²) >= 11 is 0. The van der Waals surface area contributed by atoms with E-state index in [-0.39, 0.29) is 12.2 Å². The number of benzene rings is 1. The van der Waals surface area contributed by atoms with Crippen LogP contribution in [0.1, 0.15) is 5.56 Å². The van der Waals surface area contributed by atoms with E-state index in [9.17, 15) is 14.9 Å². The van der Waals surface area contributed by atoms with Crippen molar-refractivity contribution in [2.24, 2.45) is 0 Å². The molecule has 1 aromatic carbocycles. The van der Waals surface area contributed by atoms with Crippen molar-refractivity contribution in [2.75, 3.05) is 13.1 Å². The van der Waals surface area contributed by atoms with Gasteiger partial charge in [0.05, 0.1) is 11.5 Å². The van der Waals surface area contributed by atoms with Crippen LogP contribution in [0.25, 0.3) is 0 Å². The Morgan fingerprint density at radius 1 is 1.56 bits per heavy atom. The van der Waals surface area contributed by atoms with Crippen LogP contribution in [0.15, 0.2) is 36.9 Å². The topological polar surface area (TPSA) is 83.7 Å². The van der Waals surface area contributed by atoms with Crippen molar-refractivity contribution >= 4 is 11.7 Å². The summed E-state index contributed by atoms with van der Waals surface area (Å²) in [7, 11) is 0. The van der Waals surface area contributed by atoms with Gasteiger partial charge in [-0.25, -0.2) is 0 Å². The number of rotatable bonds is 7. The molecule has 0 aromatic heterocycles. The van der Waals surface area contributed by atoms with Crippen LogP contribution < -0.4 is 0 Å². The molecule has 0 bridgehead atoms. The predicted octanol–water partition coefficient (Wildman–Crippen LogP) is 1.67. The molecule has 0 heterocycles. The molecule has 0 saturated heterocycles. The van der Waals surface area contributed by atoms with E-state index < -0.39 is 10.9 Å². The molecule has 0 aliphatic heterocycles. The van der Waals surface area contributed by atoms with Crippen molar-refractivity contribution in [2.45, 2.75) is 6.54 Å². The first-order valence-corrected chi connectivity index (χ1v) is 5.31. The van der Waals surface area contributed by atoms with Crippen molar-refractivity contribution in [3.05, 3.63) is 52.6 Å². The maximum atomic E-state index is 10.7. The minimum absolute atomic E-state index is 0.00128. The zero-order valence-electron chi connectivity index (χ0n) is 9.78. The number of hydrogen-bond donors (Lipinski definition) is 1. The molecule has 0 radical (unpaired) electrons. The summed E-state index contributed by atoms with van der Waals surface area (Å²) in [5, 5.41) is 19.4. The Hall–Kier alpha value is -2.21. The van der Waals surface area contributed by atoms with E-state index in [2.05, 4.69) is 6.58 Å². The fourth-order valence-corrected chi connectivity index (χ4v) is 1.59.